The molecule has 0 amide bonds. The number of ether oxygens (including phenoxy) is 2. The van der Waals surface area contributed by atoms with Gasteiger partial charge in [0.15, 0.2) is 11.5 Å². The van der Waals surface area contributed by atoms with Gasteiger partial charge in [-0.05, 0) is 42.0 Å². The Bertz CT molecular complexity index is 596. The number of rotatable bonds is 7. The molecule has 2 aromatic carbocycles. The summed E-state index contributed by atoms with van der Waals surface area (Å²) < 4.78 is 23.6. The summed E-state index contributed by atoms with van der Waals surface area (Å²) in [6.45, 7) is 4.66. The second-order valence-corrected chi connectivity index (χ2v) is 4.45. The van der Waals surface area contributed by atoms with Crippen LogP contribution in [0, 0.1) is 5.82 Å². The van der Waals surface area contributed by atoms with E-state index in [1.54, 1.807) is 25.3 Å². The Morgan fingerprint density at radius 2 is 1.90 bits per heavy atom. The molecule has 2 aromatic rings. The summed E-state index contributed by atoms with van der Waals surface area (Å²) in [5.74, 6) is 1.11. The van der Waals surface area contributed by atoms with Crippen LogP contribution in [0.25, 0.3) is 0 Å². The third-order valence-electron chi connectivity index (χ3n) is 2.93. The Hall–Kier alpha value is -2.49. The maximum absolute atomic E-state index is 12.8. The number of methoxy groups -OCH3 is 1. The van der Waals surface area contributed by atoms with E-state index in [0.29, 0.717) is 24.7 Å². The maximum atomic E-state index is 12.8. The minimum atomic E-state index is -0.245. The molecule has 0 heterocycles. The van der Waals surface area contributed by atoms with Gasteiger partial charge < -0.3 is 14.8 Å². The first-order valence-corrected chi connectivity index (χ1v) is 6.63. The average molecular weight is 287 g/mol. The van der Waals surface area contributed by atoms with Gasteiger partial charge >= 0.3 is 0 Å². The predicted molar refractivity (Wildman–Crippen MR) is 82.4 cm³/mol. The zero-order valence-corrected chi connectivity index (χ0v) is 11.9. The summed E-state index contributed by atoms with van der Waals surface area (Å²) in [5, 5.41) is 3.22. The van der Waals surface area contributed by atoms with Crippen molar-refractivity contribution in [2.45, 2.75) is 6.54 Å². The van der Waals surface area contributed by atoms with Crippen molar-refractivity contribution in [3.8, 4) is 11.5 Å². The largest absolute Gasteiger partial charge is 0.493 e. The molecule has 110 valence electrons. The highest BCUT2D eigenvalue weighted by Crippen LogP contribution is 2.28. The van der Waals surface area contributed by atoms with Gasteiger partial charge in [0.2, 0.25) is 0 Å². The molecule has 0 fully saturated rings. The minimum Gasteiger partial charge on any atom is -0.493 e. The van der Waals surface area contributed by atoms with Crippen LogP contribution in [-0.4, -0.2) is 13.7 Å². The van der Waals surface area contributed by atoms with E-state index >= 15 is 0 Å². The van der Waals surface area contributed by atoms with Crippen LogP contribution in [0.5, 0.6) is 11.5 Å². The third kappa shape index (κ3) is 4.24. The molecule has 0 saturated carbocycles. The van der Waals surface area contributed by atoms with Gasteiger partial charge in [0, 0.05) is 12.2 Å². The van der Waals surface area contributed by atoms with Crippen LogP contribution in [0.2, 0.25) is 0 Å². The quantitative estimate of drug-likeness (QED) is 0.780. The lowest BCUT2D eigenvalue weighted by Crippen LogP contribution is -2.01. The monoisotopic (exact) mass is 287 g/mol. The molecular weight excluding hydrogens is 269 g/mol. The second-order valence-electron chi connectivity index (χ2n) is 4.45. The summed E-state index contributed by atoms with van der Waals surface area (Å²) in [4.78, 5) is 0. The molecule has 4 heteroatoms. The Kier molecular flexibility index (Phi) is 5.21. The number of nitrogens with one attached hydrogen (secondary N) is 1. The van der Waals surface area contributed by atoms with Gasteiger partial charge in [0.25, 0.3) is 0 Å². The zero-order valence-electron chi connectivity index (χ0n) is 11.9. The van der Waals surface area contributed by atoms with Gasteiger partial charge in [0.05, 0.1) is 7.11 Å². The highest BCUT2D eigenvalue weighted by Gasteiger charge is 2.05. The molecule has 0 aromatic heterocycles. The van der Waals surface area contributed by atoms with Gasteiger partial charge in [-0.25, -0.2) is 4.39 Å². The van der Waals surface area contributed by atoms with Crippen LogP contribution in [-0.2, 0) is 6.54 Å². The highest BCUT2D eigenvalue weighted by molar-refractivity contribution is 5.46. The topological polar surface area (TPSA) is 30.5 Å². The SMILES string of the molecule is C=CCOc1ccc(CNc2ccc(F)cc2)cc1OC. The standard InChI is InChI=1S/C17H18FNO2/c1-3-10-21-16-9-4-13(11-17(16)20-2)12-19-15-7-5-14(18)6-8-15/h3-9,11,19H,1,10,12H2,2H3. The molecule has 0 bridgehead atoms. The molecule has 0 aliphatic carbocycles. The lowest BCUT2D eigenvalue weighted by molar-refractivity contribution is 0.326. The molecule has 0 radical (unpaired) electrons. The zero-order chi connectivity index (χ0) is 15.1. The Labute approximate surface area is 124 Å². The van der Waals surface area contributed by atoms with Gasteiger partial charge in [0.1, 0.15) is 12.4 Å². The molecule has 0 spiro atoms. The first-order valence-electron chi connectivity index (χ1n) is 6.63. The number of hydrogen-bond acceptors (Lipinski definition) is 3. The van der Waals surface area contributed by atoms with E-state index in [9.17, 15) is 4.39 Å². The summed E-state index contributed by atoms with van der Waals surface area (Å²) in [5.41, 5.74) is 1.91. The molecule has 0 aliphatic rings. The summed E-state index contributed by atoms with van der Waals surface area (Å²) >= 11 is 0. The highest BCUT2D eigenvalue weighted by atomic mass is 19.1. The molecule has 0 unspecified atom stereocenters. The number of hydrogen-bond donors (Lipinski definition) is 1. The molecule has 2 rings (SSSR count). The van der Waals surface area contributed by atoms with E-state index in [4.69, 9.17) is 9.47 Å². The number of anilines is 1. The van der Waals surface area contributed by atoms with Crippen molar-refractivity contribution in [3.05, 3.63) is 66.5 Å². The summed E-state index contributed by atoms with van der Waals surface area (Å²) in [7, 11) is 1.60. The van der Waals surface area contributed by atoms with Gasteiger partial charge in [-0.1, -0.05) is 18.7 Å². The van der Waals surface area contributed by atoms with Crippen LogP contribution in [0.4, 0.5) is 10.1 Å². The molecule has 0 saturated heterocycles. The van der Waals surface area contributed by atoms with Crippen molar-refractivity contribution < 1.29 is 13.9 Å². The van der Waals surface area contributed by atoms with Crippen molar-refractivity contribution in [1.29, 1.82) is 0 Å². The van der Waals surface area contributed by atoms with Crippen LogP contribution in [0.15, 0.2) is 55.1 Å². The Balaban J connectivity index is 2.03. The fourth-order valence-electron chi connectivity index (χ4n) is 1.86. The van der Waals surface area contributed by atoms with Crippen LogP contribution in [0.3, 0.4) is 0 Å². The predicted octanol–water partition coefficient (Wildman–Crippen LogP) is 4.01. The lowest BCUT2D eigenvalue weighted by Gasteiger charge is -2.12. The van der Waals surface area contributed by atoms with Gasteiger partial charge in [-0.15, -0.1) is 0 Å². The smallest absolute Gasteiger partial charge is 0.161 e. The van der Waals surface area contributed by atoms with Crippen LogP contribution in [0.1, 0.15) is 5.56 Å². The van der Waals surface area contributed by atoms with Crippen molar-refractivity contribution in [1.82, 2.24) is 0 Å². The van der Waals surface area contributed by atoms with Crippen molar-refractivity contribution in [2.24, 2.45) is 0 Å². The molecule has 1 N–H and O–H groups in total. The second kappa shape index (κ2) is 7.33. The van der Waals surface area contributed by atoms with E-state index in [1.165, 1.54) is 12.1 Å². The van der Waals surface area contributed by atoms with Crippen molar-refractivity contribution >= 4 is 5.69 Å². The third-order valence-corrected chi connectivity index (χ3v) is 2.93. The summed E-state index contributed by atoms with van der Waals surface area (Å²) in [6, 6.07) is 12.0. The number of benzene rings is 2. The minimum absolute atomic E-state index is 0.245. The van der Waals surface area contributed by atoms with E-state index < -0.39 is 0 Å². The fraction of sp³-hybridized carbons (Fsp3) is 0.176. The number of halogens is 1. The van der Waals surface area contributed by atoms with Crippen molar-refractivity contribution in [2.75, 3.05) is 19.0 Å². The molecule has 21 heavy (non-hydrogen) atoms. The van der Waals surface area contributed by atoms with Crippen LogP contribution < -0.4 is 14.8 Å². The van der Waals surface area contributed by atoms with E-state index in [0.717, 1.165) is 11.3 Å². The van der Waals surface area contributed by atoms with Gasteiger partial charge in [-0.3, -0.25) is 0 Å². The lowest BCUT2D eigenvalue weighted by atomic mass is 10.2. The van der Waals surface area contributed by atoms with Gasteiger partial charge in [-0.2, -0.15) is 0 Å². The first-order chi connectivity index (χ1) is 10.2. The molecular formula is C17H18FNO2. The van der Waals surface area contributed by atoms with E-state index in [2.05, 4.69) is 11.9 Å². The fourth-order valence-corrected chi connectivity index (χ4v) is 1.86. The summed E-state index contributed by atoms with van der Waals surface area (Å²) in [6.07, 6.45) is 1.68. The Morgan fingerprint density at radius 1 is 1.14 bits per heavy atom. The van der Waals surface area contributed by atoms with Crippen LogP contribution >= 0.6 is 0 Å². The van der Waals surface area contributed by atoms with Crippen molar-refractivity contribution in [3.63, 3.8) is 0 Å². The molecule has 0 aliphatic heterocycles. The molecule has 0 atom stereocenters. The molecule has 3 nitrogen and oxygen atoms in total. The van der Waals surface area contributed by atoms with E-state index in [1.807, 2.05) is 18.2 Å². The Morgan fingerprint density at radius 3 is 2.57 bits per heavy atom. The average Bonchev–Trinajstić information content (AvgIpc) is 2.52. The normalized spacial score (nSPS) is 10.0. The maximum Gasteiger partial charge on any atom is 0.161 e. The van der Waals surface area contributed by atoms with E-state index in [-0.39, 0.29) is 5.82 Å². The first kappa shape index (κ1) is 14.9.